The molecule has 1 aromatic heterocycles. The van der Waals surface area contributed by atoms with Gasteiger partial charge in [-0.3, -0.25) is 9.59 Å². The van der Waals surface area contributed by atoms with Crippen molar-refractivity contribution >= 4 is 29.1 Å². The van der Waals surface area contributed by atoms with Gasteiger partial charge in [-0.2, -0.15) is 4.73 Å². The van der Waals surface area contributed by atoms with Crippen LogP contribution in [0.5, 0.6) is 0 Å². The molecule has 1 unspecified atom stereocenters. The van der Waals surface area contributed by atoms with Crippen molar-refractivity contribution in [2.75, 3.05) is 5.32 Å². The quantitative estimate of drug-likeness (QED) is 0.398. The summed E-state index contributed by atoms with van der Waals surface area (Å²) in [4.78, 5) is 23.3. The molecule has 0 aliphatic carbocycles. The van der Waals surface area contributed by atoms with Crippen LogP contribution >= 0.6 is 11.8 Å². The van der Waals surface area contributed by atoms with Gasteiger partial charge in [0.25, 0.3) is 5.03 Å². The number of nitrogens with zero attached hydrogens (tertiary/aromatic N) is 1. The highest BCUT2D eigenvalue weighted by molar-refractivity contribution is 8.00. The fraction of sp³-hybridized carbons (Fsp3) is 0.188. The Morgan fingerprint density at radius 1 is 1.18 bits per heavy atom. The van der Waals surface area contributed by atoms with Gasteiger partial charge < -0.3 is 10.5 Å². The van der Waals surface area contributed by atoms with E-state index in [1.807, 2.05) is 0 Å². The first-order valence-electron chi connectivity index (χ1n) is 6.74. The van der Waals surface area contributed by atoms with Crippen LogP contribution in [-0.4, -0.2) is 16.9 Å². The van der Waals surface area contributed by atoms with E-state index >= 15 is 0 Å². The van der Waals surface area contributed by atoms with Crippen LogP contribution in [0.2, 0.25) is 0 Å². The van der Waals surface area contributed by atoms with Gasteiger partial charge >= 0.3 is 0 Å². The van der Waals surface area contributed by atoms with Gasteiger partial charge in [-0.15, -0.1) is 0 Å². The van der Waals surface area contributed by atoms with Crippen molar-refractivity contribution < 1.29 is 14.3 Å². The van der Waals surface area contributed by atoms with E-state index in [2.05, 4.69) is 5.32 Å². The van der Waals surface area contributed by atoms with Gasteiger partial charge in [0.15, 0.2) is 12.0 Å². The summed E-state index contributed by atoms with van der Waals surface area (Å²) in [5, 5.41) is 14.4. The number of ketones is 1. The number of benzene rings is 1. The van der Waals surface area contributed by atoms with Crippen LogP contribution in [0.3, 0.4) is 0 Å². The van der Waals surface area contributed by atoms with E-state index in [9.17, 15) is 14.8 Å². The lowest BCUT2D eigenvalue weighted by Gasteiger charge is -2.11. The third kappa shape index (κ3) is 4.08. The molecule has 0 fully saturated rings. The summed E-state index contributed by atoms with van der Waals surface area (Å²) in [6.45, 7) is 3.22. The molecule has 5 nitrogen and oxygen atoms in total. The molecule has 1 aromatic carbocycles. The number of Topliss-reactive ketones (excluding diaryl/α,β-unsaturated/α-hetero) is 1. The van der Waals surface area contributed by atoms with Crippen LogP contribution < -0.4 is 10.0 Å². The molecule has 0 spiro atoms. The number of pyridine rings is 1. The van der Waals surface area contributed by atoms with Gasteiger partial charge in [0.2, 0.25) is 5.91 Å². The second kappa shape index (κ2) is 7.09. The minimum Gasteiger partial charge on any atom is -0.618 e. The molecular weight excluding hydrogens is 300 g/mol. The molecule has 6 heteroatoms. The Morgan fingerprint density at radius 3 is 2.45 bits per heavy atom. The van der Waals surface area contributed by atoms with Crippen LogP contribution in [0, 0.1) is 5.21 Å². The largest absolute Gasteiger partial charge is 0.618 e. The fourth-order valence-corrected chi connectivity index (χ4v) is 2.62. The number of anilines is 1. The summed E-state index contributed by atoms with van der Waals surface area (Å²) in [6, 6.07) is 11.8. The standard InChI is InChI=1S/C16H16N2O3S/c1-11(19)13-6-8-14(9-7-13)17-16(20)12(2)22-15-5-3-4-10-18(15)21/h3-10,12H,1-2H3,(H,17,20). The first-order valence-corrected chi connectivity index (χ1v) is 7.62. The van der Waals surface area contributed by atoms with Crippen molar-refractivity contribution in [3.63, 3.8) is 0 Å². The van der Waals surface area contributed by atoms with Crippen LogP contribution in [0.15, 0.2) is 53.7 Å². The van der Waals surface area contributed by atoms with E-state index in [1.54, 1.807) is 49.4 Å². The molecule has 1 N–H and O–H groups in total. The number of aromatic nitrogens is 1. The topological polar surface area (TPSA) is 73.1 Å². The molecule has 0 saturated heterocycles. The first kappa shape index (κ1) is 16.0. The Hall–Kier alpha value is -2.34. The van der Waals surface area contributed by atoms with Crippen LogP contribution in [-0.2, 0) is 4.79 Å². The van der Waals surface area contributed by atoms with Crippen molar-refractivity contribution in [1.82, 2.24) is 0 Å². The Morgan fingerprint density at radius 2 is 1.86 bits per heavy atom. The summed E-state index contributed by atoms with van der Waals surface area (Å²) < 4.78 is 0.732. The third-order valence-electron chi connectivity index (χ3n) is 3.01. The van der Waals surface area contributed by atoms with E-state index in [1.165, 1.54) is 24.9 Å². The van der Waals surface area contributed by atoms with Crippen molar-refractivity contribution in [2.24, 2.45) is 0 Å². The molecule has 0 saturated carbocycles. The minimum atomic E-state index is -0.421. The van der Waals surface area contributed by atoms with Gasteiger partial charge in [-0.05, 0) is 55.9 Å². The maximum Gasteiger partial charge on any atom is 0.252 e. The molecular formula is C16H16N2O3S. The summed E-state index contributed by atoms with van der Waals surface area (Å²) in [5.74, 6) is -0.227. The molecule has 1 atom stereocenters. The molecule has 2 rings (SSSR count). The molecule has 1 heterocycles. The number of nitrogens with one attached hydrogen (secondary N) is 1. The predicted octanol–water partition coefficient (Wildman–Crippen LogP) is 2.64. The smallest absolute Gasteiger partial charge is 0.252 e. The average molecular weight is 316 g/mol. The van der Waals surface area contributed by atoms with E-state index in [0.717, 1.165) is 4.73 Å². The van der Waals surface area contributed by atoms with E-state index in [-0.39, 0.29) is 11.7 Å². The summed E-state index contributed by atoms with van der Waals surface area (Å²) in [6.07, 6.45) is 1.40. The van der Waals surface area contributed by atoms with Gasteiger partial charge in [0.05, 0.1) is 5.25 Å². The van der Waals surface area contributed by atoms with Gasteiger partial charge in [-0.1, -0.05) is 0 Å². The maximum absolute atomic E-state index is 12.1. The van der Waals surface area contributed by atoms with Gasteiger partial charge in [0, 0.05) is 23.4 Å². The second-order valence-corrected chi connectivity index (χ2v) is 6.11. The van der Waals surface area contributed by atoms with Crippen molar-refractivity contribution in [2.45, 2.75) is 24.1 Å². The lowest BCUT2D eigenvalue weighted by molar-refractivity contribution is -0.645. The first-order chi connectivity index (χ1) is 10.5. The molecule has 0 aliphatic rings. The Kier molecular flexibility index (Phi) is 5.16. The Bertz CT molecular complexity index is 686. The number of carbonyl (C=O) groups excluding carboxylic acids is 2. The normalized spacial score (nSPS) is 11.7. The molecule has 0 bridgehead atoms. The lowest BCUT2D eigenvalue weighted by atomic mass is 10.1. The fourth-order valence-electron chi connectivity index (χ4n) is 1.77. The highest BCUT2D eigenvalue weighted by Crippen LogP contribution is 2.21. The summed E-state index contributed by atoms with van der Waals surface area (Å²) >= 11 is 1.19. The van der Waals surface area contributed by atoms with Crippen LogP contribution in [0.4, 0.5) is 5.69 Å². The number of amides is 1. The van der Waals surface area contributed by atoms with Crippen molar-refractivity contribution in [3.05, 3.63) is 59.4 Å². The summed E-state index contributed by atoms with van der Waals surface area (Å²) in [7, 11) is 0. The third-order valence-corrected chi connectivity index (χ3v) is 4.14. The SMILES string of the molecule is CC(=O)c1ccc(NC(=O)C(C)Sc2cccc[n+]2[O-])cc1. The maximum atomic E-state index is 12.1. The molecule has 0 aliphatic heterocycles. The highest BCUT2D eigenvalue weighted by atomic mass is 32.2. The van der Waals surface area contributed by atoms with Gasteiger partial charge in [-0.25, -0.2) is 0 Å². The van der Waals surface area contributed by atoms with E-state index < -0.39 is 5.25 Å². The second-order valence-electron chi connectivity index (χ2n) is 4.75. The van der Waals surface area contributed by atoms with Gasteiger partial charge in [0.1, 0.15) is 0 Å². The summed E-state index contributed by atoms with van der Waals surface area (Å²) in [5.41, 5.74) is 1.21. The molecule has 0 radical (unpaired) electrons. The van der Waals surface area contributed by atoms with Crippen LogP contribution in [0.1, 0.15) is 24.2 Å². The van der Waals surface area contributed by atoms with Crippen molar-refractivity contribution in [1.29, 1.82) is 0 Å². The van der Waals surface area contributed by atoms with Crippen LogP contribution in [0.25, 0.3) is 0 Å². The lowest BCUT2D eigenvalue weighted by Crippen LogP contribution is -2.30. The Balaban J connectivity index is 1.99. The average Bonchev–Trinajstić information content (AvgIpc) is 2.50. The highest BCUT2D eigenvalue weighted by Gasteiger charge is 2.18. The zero-order valence-corrected chi connectivity index (χ0v) is 13.1. The van der Waals surface area contributed by atoms with E-state index in [4.69, 9.17) is 0 Å². The minimum absolute atomic E-state index is 0.0223. The van der Waals surface area contributed by atoms with E-state index in [0.29, 0.717) is 16.3 Å². The number of hydrogen-bond donors (Lipinski definition) is 1. The van der Waals surface area contributed by atoms with Crippen molar-refractivity contribution in [3.8, 4) is 0 Å². The molecule has 1 amide bonds. The Labute approximate surface area is 132 Å². The molecule has 2 aromatic rings. The number of hydrogen-bond acceptors (Lipinski definition) is 4. The zero-order valence-electron chi connectivity index (χ0n) is 12.3. The number of carbonyl (C=O) groups is 2. The molecule has 22 heavy (non-hydrogen) atoms. The predicted molar refractivity (Wildman–Crippen MR) is 85.8 cm³/mol. The number of rotatable bonds is 5. The monoisotopic (exact) mass is 316 g/mol. The number of thioether (sulfide) groups is 1. The molecule has 114 valence electrons. The zero-order chi connectivity index (χ0) is 16.1.